The third-order valence-corrected chi connectivity index (χ3v) is 3.53. The number of likely N-dealkylation sites (tertiary alicyclic amines) is 1. The molecule has 1 heterocycles. The van der Waals surface area contributed by atoms with Gasteiger partial charge < -0.3 is 14.9 Å². The van der Waals surface area contributed by atoms with Crippen molar-refractivity contribution in [1.82, 2.24) is 9.80 Å². The van der Waals surface area contributed by atoms with Crippen LogP contribution in [0.2, 0.25) is 0 Å². The van der Waals surface area contributed by atoms with Crippen LogP contribution >= 0.6 is 0 Å². The van der Waals surface area contributed by atoms with E-state index in [0.717, 1.165) is 12.8 Å². The summed E-state index contributed by atoms with van der Waals surface area (Å²) in [6, 6.07) is -0.706. The first-order valence-electron chi connectivity index (χ1n) is 6.70. The Kier molecular flexibility index (Phi) is 4.99. The lowest BCUT2D eigenvalue weighted by Gasteiger charge is -2.33. The fraction of sp³-hybridized carbons (Fsp3) is 0.846. The fourth-order valence-corrected chi connectivity index (χ4v) is 2.52. The van der Waals surface area contributed by atoms with Crippen LogP contribution in [0.4, 0.5) is 4.79 Å². The number of carbonyl (C=O) groups is 2. The van der Waals surface area contributed by atoms with Gasteiger partial charge in [0.2, 0.25) is 0 Å². The Bertz CT molecular complexity index is 317. The van der Waals surface area contributed by atoms with Gasteiger partial charge in [0.25, 0.3) is 0 Å². The van der Waals surface area contributed by atoms with Gasteiger partial charge in [-0.2, -0.15) is 0 Å². The van der Waals surface area contributed by atoms with Gasteiger partial charge in [-0.25, -0.2) is 9.59 Å². The zero-order valence-corrected chi connectivity index (χ0v) is 11.7. The van der Waals surface area contributed by atoms with Crippen molar-refractivity contribution in [3.63, 3.8) is 0 Å². The average Bonchev–Trinajstić information content (AvgIpc) is 2.66. The third kappa shape index (κ3) is 2.94. The number of carboxylic acid groups (broad SMARTS) is 1. The van der Waals surface area contributed by atoms with Crippen molar-refractivity contribution in [2.75, 3.05) is 13.1 Å². The zero-order valence-electron chi connectivity index (χ0n) is 11.7. The summed E-state index contributed by atoms with van der Waals surface area (Å²) in [5, 5.41) is 9.24. The van der Waals surface area contributed by atoms with E-state index in [9.17, 15) is 14.7 Å². The summed E-state index contributed by atoms with van der Waals surface area (Å²) >= 11 is 0. The van der Waals surface area contributed by atoms with Gasteiger partial charge in [0.1, 0.15) is 6.04 Å². The van der Waals surface area contributed by atoms with Crippen LogP contribution in [0.25, 0.3) is 0 Å². The molecule has 0 spiro atoms. The highest BCUT2D eigenvalue weighted by atomic mass is 16.4. The number of urea groups is 1. The number of aliphatic carboxylic acids is 1. The van der Waals surface area contributed by atoms with Crippen molar-refractivity contribution in [3.05, 3.63) is 0 Å². The minimum absolute atomic E-state index is 0.0297. The highest BCUT2D eigenvalue weighted by Crippen LogP contribution is 2.25. The van der Waals surface area contributed by atoms with Crippen LogP contribution in [-0.4, -0.2) is 52.1 Å². The Balaban J connectivity index is 2.84. The molecule has 0 aromatic carbocycles. The number of hydrogen-bond donors (Lipinski definition) is 1. The molecule has 5 nitrogen and oxygen atoms in total. The molecule has 1 N–H and O–H groups in total. The molecule has 1 fully saturated rings. The topological polar surface area (TPSA) is 60.9 Å². The van der Waals surface area contributed by atoms with E-state index >= 15 is 0 Å². The second kappa shape index (κ2) is 6.07. The minimum Gasteiger partial charge on any atom is -0.480 e. The molecule has 1 aliphatic heterocycles. The summed E-state index contributed by atoms with van der Waals surface area (Å²) in [5.41, 5.74) is 0. The molecule has 2 atom stereocenters. The Morgan fingerprint density at radius 1 is 1.44 bits per heavy atom. The lowest BCUT2D eigenvalue weighted by molar-refractivity contribution is -0.142. The summed E-state index contributed by atoms with van der Waals surface area (Å²) in [6.45, 7) is 9.05. The van der Waals surface area contributed by atoms with E-state index in [1.165, 1.54) is 4.90 Å². The molecule has 104 valence electrons. The predicted molar refractivity (Wildman–Crippen MR) is 69.4 cm³/mol. The van der Waals surface area contributed by atoms with Gasteiger partial charge >= 0.3 is 12.0 Å². The van der Waals surface area contributed by atoms with Crippen LogP contribution in [0.3, 0.4) is 0 Å². The monoisotopic (exact) mass is 256 g/mol. The summed E-state index contributed by atoms with van der Waals surface area (Å²) < 4.78 is 0. The lowest BCUT2D eigenvalue weighted by atomic mass is 10.0. The van der Waals surface area contributed by atoms with E-state index in [1.807, 2.05) is 27.7 Å². The molecular formula is C13H24N2O3. The molecule has 0 aromatic rings. The lowest BCUT2D eigenvalue weighted by Crippen LogP contribution is -2.51. The molecule has 0 saturated carbocycles. The van der Waals surface area contributed by atoms with Crippen molar-refractivity contribution in [2.24, 2.45) is 5.92 Å². The van der Waals surface area contributed by atoms with Crippen molar-refractivity contribution in [3.8, 4) is 0 Å². The summed E-state index contributed by atoms with van der Waals surface area (Å²) in [6.07, 6.45) is 1.64. The van der Waals surface area contributed by atoms with Gasteiger partial charge in [-0.05, 0) is 32.6 Å². The fourth-order valence-electron chi connectivity index (χ4n) is 2.52. The van der Waals surface area contributed by atoms with Gasteiger partial charge in [0, 0.05) is 19.1 Å². The Hall–Kier alpha value is -1.26. The molecule has 5 heteroatoms. The Morgan fingerprint density at radius 2 is 2.06 bits per heavy atom. The second-order valence-electron chi connectivity index (χ2n) is 5.31. The normalized spacial score (nSPS) is 23.5. The molecule has 0 bridgehead atoms. The van der Waals surface area contributed by atoms with E-state index in [0.29, 0.717) is 13.1 Å². The average molecular weight is 256 g/mol. The van der Waals surface area contributed by atoms with E-state index < -0.39 is 12.0 Å². The zero-order chi connectivity index (χ0) is 13.9. The maximum atomic E-state index is 12.4. The SMILES string of the molecule is CCCN(C(=O)N1CCC(C)C1C(=O)O)C(C)C. The molecule has 0 radical (unpaired) electrons. The van der Waals surface area contributed by atoms with Gasteiger partial charge in [-0.3, -0.25) is 0 Å². The molecule has 1 rings (SSSR count). The largest absolute Gasteiger partial charge is 0.480 e. The maximum absolute atomic E-state index is 12.4. The molecule has 2 amide bonds. The molecule has 0 aromatic heterocycles. The molecule has 1 aliphatic rings. The number of rotatable bonds is 4. The highest BCUT2D eigenvalue weighted by molar-refractivity contribution is 5.83. The first-order chi connectivity index (χ1) is 8.40. The van der Waals surface area contributed by atoms with Crippen LogP contribution in [0, 0.1) is 5.92 Å². The quantitative estimate of drug-likeness (QED) is 0.837. The Labute approximate surface area is 109 Å². The molecule has 0 aliphatic carbocycles. The van der Waals surface area contributed by atoms with Gasteiger partial charge in [0.05, 0.1) is 0 Å². The Morgan fingerprint density at radius 3 is 2.50 bits per heavy atom. The molecule has 2 unspecified atom stereocenters. The van der Waals surface area contributed by atoms with E-state index in [1.54, 1.807) is 4.90 Å². The van der Waals surface area contributed by atoms with E-state index in [2.05, 4.69) is 0 Å². The van der Waals surface area contributed by atoms with E-state index in [4.69, 9.17) is 0 Å². The van der Waals surface area contributed by atoms with Crippen molar-refractivity contribution in [1.29, 1.82) is 0 Å². The van der Waals surface area contributed by atoms with Gasteiger partial charge in [0.15, 0.2) is 0 Å². The minimum atomic E-state index is -0.895. The van der Waals surface area contributed by atoms with Crippen molar-refractivity contribution >= 4 is 12.0 Å². The number of carboxylic acids is 1. The highest BCUT2D eigenvalue weighted by Gasteiger charge is 2.41. The van der Waals surface area contributed by atoms with Gasteiger partial charge in [-0.15, -0.1) is 0 Å². The van der Waals surface area contributed by atoms with Crippen LogP contribution in [-0.2, 0) is 4.79 Å². The van der Waals surface area contributed by atoms with Crippen LogP contribution in [0.5, 0.6) is 0 Å². The summed E-state index contributed by atoms with van der Waals surface area (Å²) in [5.74, 6) is -0.865. The standard InChI is InChI=1S/C13H24N2O3/c1-5-7-14(9(2)3)13(18)15-8-6-10(4)11(15)12(16)17/h9-11H,5-8H2,1-4H3,(H,16,17). The summed E-state index contributed by atoms with van der Waals surface area (Å²) in [4.78, 5) is 27.0. The molecule has 1 saturated heterocycles. The number of carbonyl (C=O) groups excluding carboxylic acids is 1. The maximum Gasteiger partial charge on any atom is 0.326 e. The molecular weight excluding hydrogens is 232 g/mol. The molecule has 18 heavy (non-hydrogen) atoms. The third-order valence-electron chi connectivity index (χ3n) is 3.53. The second-order valence-corrected chi connectivity index (χ2v) is 5.31. The van der Waals surface area contributed by atoms with E-state index in [-0.39, 0.29) is 18.0 Å². The predicted octanol–water partition coefficient (Wildman–Crippen LogP) is 2.02. The first kappa shape index (κ1) is 14.8. The van der Waals surface area contributed by atoms with Crippen molar-refractivity contribution < 1.29 is 14.7 Å². The smallest absolute Gasteiger partial charge is 0.326 e. The van der Waals surface area contributed by atoms with Crippen LogP contribution in [0.1, 0.15) is 40.5 Å². The van der Waals surface area contributed by atoms with Crippen LogP contribution < -0.4 is 0 Å². The first-order valence-corrected chi connectivity index (χ1v) is 6.70. The summed E-state index contributed by atoms with van der Waals surface area (Å²) in [7, 11) is 0. The van der Waals surface area contributed by atoms with Crippen molar-refractivity contribution in [2.45, 2.75) is 52.6 Å². The number of nitrogens with zero attached hydrogens (tertiary/aromatic N) is 2. The van der Waals surface area contributed by atoms with Crippen LogP contribution in [0.15, 0.2) is 0 Å². The van der Waals surface area contributed by atoms with Gasteiger partial charge in [-0.1, -0.05) is 13.8 Å². The number of hydrogen-bond acceptors (Lipinski definition) is 2. The number of amides is 2.